The lowest BCUT2D eigenvalue weighted by Gasteiger charge is -2.31. The van der Waals surface area contributed by atoms with Gasteiger partial charge in [-0.2, -0.15) is 0 Å². The first kappa shape index (κ1) is 13.6. The number of aryl methyl sites for hydroxylation is 1. The van der Waals surface area contributed by atoms with E-state index in [4.69, 9.17) is 0 Å². The third-order valence-electron chi connectivity index (χ3n) is 5.32. The molecule has 1 aliphatic heterocycles. The molecule has 4 unspecified atom stereocenters. The molecular formula is C17H23NO2. The van der Waals surface area contributed by atoms with Crippen molar-refractivity contribution < 1.29 is 9.90 Å². The predicted octanol–water partition coefficient (Wildman–Crippen LogP) is 3.24. The molecule has 1 aromatic rings. The van der Waals surface area contributed by atoms with Gasteiger partial charge in [0.05, 0.1) is 0 Å². The van der Waals surface area contributed by atoms with Crippen LogP contribution in [0.4, 0.5) is 0 Å². The number of carboxylic acid groups (broad SMARTS) is 1. The molecule has 0 radical (unpaired) electrons. The van der Waals surface area contributed by atoms with Crippen molar-refractivity contribution in [3.63, 3.8) is 0 Å². The number of hydrogen-bond acceptors (Lipinski definition) is 2. The minimum absolute atomic E-state index is 0.183. The fourth-order valence-corrected chi connectivity index (χ4v) is 4.30. The second kappa shape index (κ2) is 5.21. The van der Waals surface area contributed by atoms with Gasteiger partial charge in [-0.3, -0.25) is 9.69 Å². The van der Waals surface area contributed by atoms with Crippen molar-refractivity contribution in [2.75, 3.05) is 6.54 Å². The molecule has 0 aromatic heterocycles. The molecule has 2 fully saturated rings. The summed E-state index contributed by atoms with van der Waals surface area (Å²) < 4.78 is 0. The van der Waals surface area contributed by atoms with Gasteiger partial charge in [0.2, 0.25) is 0 Å². The van der Waals surface area contributed by atoms with E-state index in [1.165, 1.54) is 24.0 Å². The molecule has 0 amide bonds. The van der Waals surface area contributed by atoms with Crippen molar-refractivity contribution in [1.82, 2.24) is 4.90 Å². The first-order chi connectivity index (χ1) is 9.59. The van der Waals surface area contributed by atoms with Gasteiger partial charge in [0, 0.05) is 12.6 Å². The van der Waals surface area contributed by atoms with Crippen molar-refractivity contribution in [2.24, 2.45) is 11.8 Å². The number of benzene rings is 1. The van der Waals surface area contributed by atoms with Crippen LogP contribution in [0, 0.1) is 18.8 Å². The highest BCUT2D eigenvalue weighted by molar-refractivity contribution is 5.74. The van der Waals surface area contributed by atoms with E-state index in [2.05, 4.69) is 30.9 Å². The van der Waals surface area contributed by atoms with Gasteiger partial charge in [-0.05, 0) is 49.7 Å². The number of likely N-dealkylation sites (tertiary alicyclic amines) is 1. The molecule has 1 aliphatic carbocycles. The zero-order valence-corrected chi connectivity index (χ0v) is 12.2. The summed E-state index contributed by atoms with van der Waals surface area (Å²) in [5.74, 6) is 0.307. The third-order valence-corrected chi connectivity index (χ3v) is 5.32. The van der Waals surface area contributed by atoms with Crippen LogP contribution in [0.1, 0.15) is 43.4 Å². The van der Waals surface area contributed by atoms with E-state index in [1.54, 1.807) is 0 Å². The van der Waals surface area contributed by atoms with Gasteiger partial charge in [0.1, 0.15) is 6.04 Å². The molecule has 3 heteroatoms. The number of hydrogen-bond donors (Lipinski definition) is 1. The number of rotatable bonds is 3. The maximum atomic E-state index is 11.7. The van der Waals surface area contributed by atoms with Crippen LogP contribution < -0.4 is 0 Å². The van der Waals surface area contributed by atoms with Crippen LogP contribution in [0.15, 0.2) is 24.3 Å². The summed E-state index contributed by atoms with van der Waals surface area (Å²) in [4.78, 5) is 14.0. The maximum absolute atomic E-state index is 11.7. The molecule has 1 saturated carbocycles. The maximum Gasteiger partial charge on any atom is 0.321 e. The molecule has 2 aliphatic rings. The lowest BCUT2D eigenvalue weighted by atomic mass is 9.93. The minimum Gasteiger partial charge on any atom is -0.480 e. The highest BCUT2D eigenvalue weighted by atomic mass is 16.4. The Kier molecular flexibility index (Phi) is 3.55. The number of aliphatic carboxylic acids is 1. The summed E-state index contributed by atoms with van der Waals surface area (Å²) in [6.45, 7) is 5.20. The van der Waals surface area contributed by atoms with Crippen molar-refractivity contribution >= 4 is 5.97 Å². The van der Waals surface area contributed by atoms with E-state index in [-0.39, 0.29) is 12.1 Å². The largest absolute Gasteiger partial charge is 0.480 e. The van der Waals surface area contributed by atoms with E-state index < -0.39 is 5.97 Å². The number of carbonyl (C=O) groups is 1. The molecule has 3 rings (SSSR count). The molecule has 20 heavy (non-hydrogen) atoms. The van der Waals surface area contributed by atoms with Gasteiger partial charge in [-0.15, -0.1) is 0 Å². The van der Waals surface area contributed by atoms with Crippen LogP contribution in [0.5, 0.6) is 0 Å². The molecule has 108 valence electrons. The zero-order chi connectivity index (χ0) is 14.3. The highest BCUT2D eigenvalue weighted by Gasteiger charge is 2.49. The number of nitrogens with zero attached hydrogens (tertiary/aromatic N) is 1. The molecule has 0 bridgehead atoms. The van der Waals surface area contributed by atoms with E-state index in [1.807, 2.05) is 12.1 Å². The Morgan fingerprint density at radius 3 is 2.80 bits per heavy atom. The number of carboxylic acids is 1. The van der Waals surface area contributed by atoms with E-state index >= 15 is 0 Å². The second-order valence-electron chi connectivity index (χ2n) is 6.37. The van der Waals surface area contributed by atoms with Crippen molar-refractivity contribution in [3.05, 3.63) is 35.4 Å². The molecule has 3 nitrogen and oxygen atoms in total. The summed E-state index contributed by atoms with van der Waals surface area (Å²) in [6, 6.07) is 8.22. The second-order valence-corrected chi connectivity index (χ2v) is 6.37. The first-order valence-electron chi connectivity index (χ1n) is 7.63. The summed E-state index contributed by atoms with van der Waals surface area (Å²) in [5.41, 5.74) is 2.51. The van der Waals surface area contributed by atoms with E-state index in [0.29, 0.717) is 11.8 Å². The standard InChI is InChI=1S/C17H23NO2/c1-11-6-3-4-8-14(11)12(2)18-10-13-7-5-9-15(13)16(18)17(19)20/h3-4,6,8,12-13,15-16H,5,7,9-10H2,1-2H3,(H,19,20). The summed E-state index contributed by atoms with van der Waals surface area (Å²) in [7, 11) is 0. The lowest BCUT2D eigenvalue weighted by molar-refractivity contribution is -0.144. The highest BCUT2D eigenvalue weighted by Crippen LogP contribution is 2.45. The Labute approximate surface area is 120 Å². The van der Waals surface area contributed by atoms with Crippen molar-refractivity contribution in [2.45, 2.75) is 45.2 Å². The van der Waals surface area contributed by atoms with Gasteiger partial charge in [0.25, 0.3) is 0 Å². The van der Waals surface area contributed by atoms with Gasteiger partial charge < -0.3 is 5.11 Å². The van der Waals surface area contributed by atoms with Gasteiger partial charge >= 0.3 is 5.97 Å². The van der Waals surface area contributed by atoms with Crippen LogP contribution in [0.25, 0.3) is 0 Å². The molecule has 4 atom stereocenters. The minimum atomic E-state index is -0.639. The Bertz CT molecular complexity index is 513. The zero-order valence-electron chi connectivity index (χ0n) is 12.2. The van der Waals surface area contributed by atoms with E-state index in [0.717, 1.165) is 13.0 Å². The van der Waals surface area contributed by atoms with Gasteiger partial charge in [-0.25, -0.2) is 0 Å². The molecule has 1 saturated heterocycles. The molecule has 0 spiro atoms. The van der Waals surface area contributed by atoms with Crippen LogP contribution in [-0.2, 0) is 4.79 Å². The smallest absolute Gasteiger partial charge is 0.321 e. The van der Waals surface area contributed by atoms with Crippen molar-refractivity contribution in [3.8, 4) is 0 Å². The summed E-state index contributed by atoms with van der Waals surface area (Å²) in [6.07, 6.45) is 3.48. The number of fused-ring (bicyclic) bond motifs is 1. The van der Waals surface area contributed by atoms with Gasteiger partial charge in [-0.1, -0.05) is 30.7 Å². The normalized spacial score (nSPS) is 31.2. The SMILES string of the molecule is Cc1ccccc1C(C)N1CC2CCCC2C1C(=O)O. The van der Waals surface area contributed by atoms with Crippen LogP contribution in [0.3, 0.4) is 0 Å². The molecule has 1 heterocycles. The van der Waals surface area contributed by atoms with Crippen molar-refractivity contribution in [1.29, 1.82) is 0 Å². The average Bonchev–Trinajstić information content (AvgIpc) is 2.97. The fourth-order valence-electron chi connectivity index (χ4n) is 4.30. The average molecular weight is 273 g/mol. The molecule has 1 aromatic carbocycles. The Morgan fingerprint density at radius 1 is 1.35 bits per heavy atom. The first-order valence-corrected chi connectivity index (χ1v) is 7.63. The van der Waals surface area contributed by atoms with Crippen LogP contribution >= 0.6 is 0 Å². The lowest BCUT2D eigenvalue weighted by Crippen LogP contribution is -2.41. The third kappa shape index (κ3) is 2.14. The van der Waals surface area contributed by atoms with E-state index in [9.17, 15) is 9.90 Å². The summed E-state index contributed by atoms with van der Waals surface area (Å²) in [5, 5.41) is 9.65. The Morgan fingerprint density at radius 2 is 2.10 bits per heavy atom. The Hall–Kier alpha value is -1.35. The van der Waals surface area contributed by atoms with Crippen LogP contribution in [0.2, 0.25) is 0 Å². The van der Waals surface area contributed by atoms with Crippen LogP contribution in [-0.4, -0.2) is 28.6 Å². The predicted molar refractivity (Wildman–Crippen MR) is 78.6 cm³/mol. The fraction of sp³-hybridized carbons (Fsp3) is 0.588. The molecular weight excluding hydrogens is 250 g/mol. The Balaban J connectivity index is 1.89. The molecule has 1 N–H and O–H groups in total. The van der Waals surface area contributed by atoms with Gasteiger partial charge in [0.15, 0.2) is 0 Å². The quantitative estimate of drug-likeness (QED) is 0.919. The summed E-state index contributed by atoms with van der Waals surface area (Å²) >= 11 is 0. The topological polar surface area (TPSA) is 40.5 Å². The monoisotopic (exact) mass is 273 g/mol.